The van der Waals surface area contributed by atoms with E-state index in [9.17, 15) is 4.79 Å². The van der Waals surface area contributed by atoms with Crippen LogP contribution in [-0.4, -0.2) is 13.1 Å². The van der Waals surface area contributed by atoms with Crippen LogP contribution in [0, 0.1) is 18.3 Å². The average molecular weight is 249 g/mol. The summed E-state index contributed by atoms with van der Waals surface area (Å²) in [6.07, 6.45) is 5.57. The van der Waals surface area contributed by atoms with Gasteiger partial charge in [-0.25, -0.2) is 4.79 Å². The van der Waals surface area contributed by atoms with Crippen molar-refractivity contribution in [1.29, 1.82) is 5.26 Å². The van der Waals surface area contributed by atoms with Crippen LogP contribution in [0.3, 0.4) is 0 Å². The zero-order valence-electron chi connectivity index (χ0n) is 11.0. The molecule has 0 unspecified atom stereocenters. The molecule has 0 aliphatic rings. The van der Waals surface area contributed by atoms with E-state index < -0.39 is 5.97 Å². The molecule has 0 aromatic carbocycles. The molecule has 0 amide bonds. The van der Waals surface area contributed by atoms with Crippen LogP contribution >= 0.6 is 0 Å². The Morgan fingerprint density at radius 1 is 1.39 bits per heavy atom. The fourth-order valence-corrected chi connectivity index (χ4v) is 1.82. The molecule has 4 nitrogen and oxygen atoms in total. The number of nitriles is 1. The van der Waals surface area contributed by atoms with Crippen LogP contribution in [0.2, 0.25) is 0 Å². The lowest BCUT2D eigenvalue weighted by molar-refractivity contribution is 0.0562. The molecule has 0 fully saturated rings. The first-order valence-corrected chi connectivity index (χ1v) is 6.23. The molecule has 0 N–H and O–H groups in total. The summed E-state index contributed by atoms with van der Waals surface area (Å²) in [5.41, 5.74) is 0.821. The van der Waals surface area contributed by atoms with Gasteiger partial charge in [-0.05, 0) is 25.8 Å². The molecule has 0 radical (unpaired) electrons. The number of nitrogens with zero attached hydrogens (tertiary/aromatic N) is 1. The van der Waals surface area contributed by atoms with E-state index >= 15 is 0 Å². The lowest BCUT2D eigenvalue weighted by atomic mass is 10.1. The number of carbonyl (C=O) groups is 1. The normalized spacial score (nSPS) is 10.1. The molecule has 0 aliphatic carbocycles. The number of furan rings is 1. The Labute approximate surface area is 108 Å². The number of carbonyl (C=O) groups excluding carboxylic acids is 1. The second-order valence-electron chi connectivity index (χ2n) is 4.29. The number of esters is 1. The minimum Gasteiger partial charge on any atom is -0.463 e. The maximum absolute atomic E-state index is 11.3. The molecule has 0 saturated carbocycles. The van der Waals surface area contributed by atoms with E-state index in [1.807, 2.05) is 13.0 Å². The van der Waals surface area contributed by atoms with E-state index in [-0.39, 0.29) is 0 Å². The lowest BCUT2D eigenvalue weighted by Crippen LogP contribution is -2.00. The van der Waals surface area contributed by atoms with Gasteiger partial charge in [-0.15, -0.1) is 0 Å². The number of rotatable bonds is 7. The summed E-state index contributed by atoms with van der Waals surface area (Å²) in [6.45, 7) is 1.84. The van der Waals surface area contributed by atoms with Gasteiger partial charge in [-0.1, -0.05) is 12.8 Å². The molecular formula is C14H19NO3. The number of unbranched alkanes of at least 4 members (excludes halogenated alkanes) is 4. The van der Waals surface area contributed by atoms with Gasteiger partial charge >= 0.3 is 5.97 Å². The van der Waals surface area contributed by atoms with Crippen LogP contribution in [0.25, 0.3) is 0 Å². The zero-order chi connectivity index (χ0) is 13.4. The smallest absolute Gasteiger partial charge is 0.374 e. The van der Waals surface area contributed by atoms with Gasteiger partial charge in [-0.3, -0.25) is 0 Å². The van der Waals surface area contributed by atoms with Gasteiger partial charge in [0.25, 0.3) is 0 Å². The highest BCUT2D eigenvalue weighted by atomic mass is 16.5. The van der Waals surface area contributed by atoms with E-state index in [2.05, 4.69) is 10.8 Å². The summed E-state index contributed by atoms with van der Waals surface area (Å²) >= 11 is 0. The molecule has 1 aromatic rings. The summed E-state index contributed by atoms with van der Waals surface area (Å²) in [4.78, 5) is 11.3. The molecule has 0 aliphatic heterocycles. The first-order valence-electron chi connectivity index (χ1n) is 6.23. The minimum absolute atomic E-state index is 0.303. The molecule has 1 heterocycles. The maximum Gasteiger partial charge on any atom is 0.374 e. The third kappa shape index (κ3) is 4.25. The van der Waals surface area contributed by atoms with Gasteiger partial charge in [0.2, 0.25) is 5.76 Å². The molecular weight excluding hydrogens is 230 g/mol. The quantitative estimate of drug-likeness (QED) is 0.549. The maximum atomic E-state index is 11.3. The van der Waals surface area contributed by atoms with E-state index in [0.717, 1.165) is 43.4 Å². The molecule has 98 valence electrons. The predicted octanol–water partition coefficient (Wildman–Crippen LogP) is 3.39. The molecule has 0 atom stereocenters. The van der Waals surface area contributed by atoms with Crippen molar-refractivity contribution < 1.29 is 13.9 Å². The molecule has 0 bridgehead atoms. The first kappa shape index (κ1) is 14.3. The first-order chi connectivity index (χ1) is 8.69. The molecule has 1 aromatic heterocycles. The van der Waals surface area contributed by atoms with Crippen molar-refractivity contribution in [2.45, 2.75) is 45.4 Å². The summed E-state index contributed by atoms with van der Waals surface area (Å²) in [6, 6.07) is 4.03. The Bertz CT molecular complexity index is 429. The van der Waals surface area contributed by atoms with Gasteiger partial charge in [0, 0.05) is 18.4 Å². The third-order valence-corrected chi connectivity index (χ3v) is 2.80. The van der Waals surface area contributed by atoms with Crippen LogP contribution in [0.4, 0.5) is 0 Å². The van der Waals surface area contributed by atoms with Crippen LogP contribution < -0.4 is 0 Å². The van der Waals surface area contributed by atoms with Crippen molar-refractivity contribution in [2.24, 2.45) is 0 Å². The fourth-order valence-electron chi connectivity index (χ4n) is 1.82. The summed E-state index contributed by atoms with van der Waals surface area (Å²) in [7, 11) is 1.35. The highest BCUT2D eigenvalue weighted by Gasteiger charge is 2.15. The molecule has 0 spiro atoms. The number of aryl methyl sites for hydroxylation is 2. The SMILES string of the molecule is COC(=O)c1oc(CCCCCCC#N)cc1C. The van der Waals surface area contributed by atoms with Crippen LogP contribution in [-0.2, 0) is 11.2 Å². The van der Waals surface area contributed by atoms with Gasteiger partial charge < -0.3 is 9.15 Å². The van der Waals surface area contributed by atoms with Gasteiger partial charge in [0.1, 0.15) is 5.76 Å². The predicted molar refractivity (Wildman–Crippen MR) is 67.2 cm³/mol. The molecule has 4 heteroatoms. The van der Waals surface area contributed by atoms with E-state index in [1.165, 1.54) is 7.11 Å². The van der Waals surface area contributed by atoms with Crippen molar-refractivity contribution in [2.75, 3.05) is 7.11 Å². The van der Waals surface area contributed by atoms with Crippen molar-refractivity contribution in [3.63, 3.8) is 0 Å². The van der Waals surface area contributed by atoms with E-state index in [4.69, 9.17) is 9.68 Å². The van der Waals surface area contributed by atoms with Crippen molar-refractivity contribution >= 4 is 5.97 Å². The lowest BCUT2D eigenvalue weighted by Gasteiger charge is -1.98. The number of hydrogen-bond acceptors (Lipinski definition) is 4. The van der Waals surface area contributed by atoms with Crippen molar-refractivity contribution in [3.8, 4) is 6.07 Å². The van der Waals surface area contributed by atoms with Crippen LogP contribution in [0.5, 0.6) is 0 Å². The number of hydrogen-bond donors (Lipinski definition) is 0. The second-order valence-corrected chi connectivity index (χ2v) is 4.29. The van der Waals surface area contributed by atoms with Crippen LogP contribution in [0.15, 0.2) is 10.5 Å². The van der Waals surface area contributed by atoms with Crippen molar-refractivity contribution in [1.82, 2.24) is 0 Å². The minimum atomic E-state index is -0.423. The van der Waals surface area contributed by atoms with E-state index in [0.29, 0.717) is 12.2 Å². The monoisotopic (exact) mass is 249 g/mol. The van der Waals surface area contributed by atoms with Crippen LogP contribution in [0.1, 0.15) is 54.0 Å². The van der Waals surface area contributed by atoms with E-state index in [1.54, 1.807) is 0 Å². The number of methoxy groups -OCH3 is 1. The fraction of sp³-hybridized carbons (Fsp3) is 0.571. The average Bonchev–Trinajstić information content (AvgIpc) is 2.74. The van der Waals surface area contributed by atoms with Gasteiger partial charge in [0.05, 0.1) is 13.2 Å². The standard InChI is InChI=1S/C14H19NO3/c1-11-10-12(18-13(11)14(16)17-2)8-6-4-3-5-7-9-15/h10H,3-8H2,1-2H3. The molecule has 0 saturated heterocycles. The second kappa shape index (κ2) is 7.54. The Hall–Kier alpha value is -1.76. The Kier molecular flexibility index (Phi) is 5.99. The molecule has 1 rings (SSSR count). The Morgan fingerprint density at radius 3 is 2.78 bits per heavy atom. The summed E-state index contributed by atoms with van der Waals surface area (Å²) in [5.74, 6) is 0.706. The summed E-state index contributed by atoms with van der Waals surface area (Å²) in [5, 5.41) is 8.40. The topological polar surface area (TPSA) is 63.2 Å². The third-order valence-electron chi connectivity index (χ3n) is 2.80. The zero-order valence-corrected chi connectivity index (χ0v) is 11.0. The van der Waals surface area contributed by atoms with Gasteiger partial charge in [0.15, 0.2) is 0 Å². The highest BCUT2D eigenvalue weighted by molar-refractivity contribution is 5.87. The molecule has 18 heavy (non-hydrogen) atoms. The Morgan fingerprint density at radius 2 is 2.11 bits per heavy atom. The number of ether oxygens (including phenoxy) is 1. The summed E-state index contributed by atoms with van der Waals surface area (Å²) < 4.78 is 10.1. The largest absolute Gasteiger partial charge is 0.463 e. The highest BCUT2D eigenvalue weighted by Crippen LogP contribution is 2.18. The Balaban J connectivity index is 2.35. The van der Waals surface area contributed by atoms with Gasteiger partial charge in [-0.2, -0.15) is 5.26 Å². The van der Waals surface area contributed by atoms with Crippen molar-refractivity contribution in [3.05, 3.63) is 23.2 Å².